The molecular weight excluding hydrogens is 394 g/mol. The molecule has 3 aromatic carbocycles. The Labute approximate surface area is 171 Å². The van der Waals surface area contributed by atoms with Gasteiger partial charge in [-0.2, -0.15) is 0 Å². The first-order valence-electron chi connectivity index (χ1n) is 8.70. The van der Waals surface area contributed by atoms with Gasteiger partial charge < -0.3 is 9.47 Å². The van der Waals surface area contributed by atoms with Crippen molar-refractivity contribution in [2.24, 2.45) is 0 Å². The number of nitro benzene ring substituents is 1. The van der Waals surface area contributed by atoms with Gasteiger partial charge in [-0.3, -0.25) is 14.9 Å². The number of fused-ring (bicyclic) bond motifs is 1. The van der Waals surface area contributed by atoms with Crippen LogP contribution in [-0.2, 0) is 6.61 Å². The summed E-state index contributed by atoms with van der Waals surface area (Å²) in [5, 5.41) is 11.5. The standard InChI is InChI=1S/C22H14ClNO5/c23-19-7-2-1-5-15(19)13-28-17-8-9-18-20(12-17)29-21(22(18)25)11-14-4-3-6-16(10-14)24(26)27/h1-12H,13H2. The molecule has 144 valence electrons. The summed E-state index contributed by atoms with van der Waals surface area (Å²) in [4.78, 5) is 23.0. The molecule has 0 aliphatic carbocycles. The van der Waals surface area contributed by atoms with Crippen molar-refractivity contribution >= 4 is 29.1 Å². The van der Waals surface area contributed by atoms with Crippen LogP contribution >= 0.6 is 11.6 Å². The smallest absolute Gasteiger partial charge is 0.270 e. The number of nitro groups is 1. The zero-order chi connectivity index (χ0) is 20.4. The maximum Gasteiger partial charge on any atom is 0.270 e. The second-order valence-corrected chi connectivity index (χ2v) is 6.74. The molecule has 0 fully saturated rings. The van der Waals surface area contributed by atoms with Crippen LogP contribution in [0.2, 0.25) is 5.02 Å². The summed E-state index contributed by atoms with van der Waals surface area (Å²) in [7, 11) is 0. The molecule has 0 spiro atoms. The zero-order valence-electron chi connectivity index (χ0n) is 15.0. The molecule has 6 nitrogen and oxygen atoms in total. The normalized spacial score (nSPS) is 13.8. The number of ketones is 1. The average Bonchev–Trinajstić information content (AvgIpc) is 3.02. The molecule has 3 aromatic rings. The first-order chi connectivity index (χ1) is 14.0. The Morgan fingerprint density at radius 3 is 2.69 bits per heavy atom. The van der Waals surface area contributed by atoms with Crippen molar-refractivity contribution in [2.45, 2.75) is 6.61 Å². The zero-order valence-corrected chi connectivity index (χ0v) is 15.8. The van der Waals surface area contributed by atoms with E-state index in [1.165, 1.54) is 18.2 Å². The molecule has 0 unspecified atom stereocenters. The summed E-state index contributed by atoms with van der Waals surface area (Å²) in [5.41, 5.74) is 1.70. The lowest BCUT2D eigenvalue weighted by Gasteiger charge is -2.08. The first-order valence-corrected chi connectivity index (χ1v) is 9.08. The highest BCUT2D eigenvalue weighted by atomic mass is 35.5. The molecule has 0 aromatic heterocycles. The van der Waals surface area contributed by atoms with Gasteiger partial charge >= 0.3 is 0 Å². The van der Waals surface area contributed by atoms with Crippen LogP contribution in [0.1, 0.15) is 21.5 Å². The van der Waals surface area contributed by atoms with Gasteiger partial charge in [-0.1, -0.05) is 41.9 Å². The third-order valence-electron chi connectivity index (χ3n) is 4.37. The van der Waals surface area contributed by atoms with Gasteiger partial charge in [0.2, 0.25) is 5.78 Å². The van der Waals surface area contributed by atoms with E-state index in [0.717, 1.165) is 5.56 Å². The van der Waals surface area contributed by atoms with Gasteiger partial charge in [0.05, 0.1) is 10.5 Å². The second kappa shape index (κ2) is 7.77. The van der Waals surface area contributed by atoms with Crippen LogP contribution in [0, 0.1) is 10.1 Å². The summed E-state index contributed by atoms with van der Waals surface area (Å²) in [6.07, 6.45) is 1.49. The fourth-order valence-electron chi connectivity index (χ4n) is 2.91. The highest BCUT2D eigenvalue weighted by Gasteiger charge is 2.28. The molecule has 7 heteroatoms. The highest BCUT2D eigenvalue weighted by Crippen LogP contribution is 2.35. The molecule has 0 amide bonds. The molecule has 0 bridgehead atoms. The minimum atomic E-state index is -0.489. The summed E-state index contributed by atoms with van der Waals surface area (Å²) in [6.45, 7) is 0.281. The maximum atomic E-state index is 12.6. The van der Waals surface area contributed by atoms with Crippen molar-refractivity contribution in [3.63, 3.8) is 0 Å². The number of hydrogen-bond donors (Lipinski definition) is 0. The monoisotopic (exact) mass is 407 g/mol. The average molecular weight is 408 g/mol. The molecule has 4 rings (SSSR count). The quantitative estimate of drug-likeness (QED) is 0.319. The van der Waals surface area contributed by atoms with E-state index in [1.807, 2.05) is 18.2 Å². The molecule has 0 saturated carbocycles. The van der Waals surface area contributed by atoms with E-state index in [9.17, 15) is 14.9 Å². The highest BCUT2D eigenvalue weighted by molar-refractivity contribution is 6.31. The minimum absolute atomic E-state index is 0.0578. The maximum absolute atomic E-state index is 12.6. The lowest BCUT2D eigenvalue weighted by Crippen LogP contribution is -1.98. The number of ether oxygens (including phenoxy) is 2. The van der Waals surface area contributed by atoms with E-state index in [1.54, 1.807) is 36.4 Å². The van der Waals surface area contributed by atoms with Crippen LogP contribution < -0.4 is 9.47 Å². The summed E-state index contributed by atoms with van der Waals surface area (Å²) >= 11 is 6.13. The molecule has 0 radical (unpaired) electrons. The van der Waals surface area contributed by atoms with Crippen LogP contribution in [0.25, 0.3) is 6.08 Å². The van der Waals surface area contributed by atoms with Crippen LogP contribution in [0.15, 0.2) is 72.5 Å². The number of halogens is 1. The number of non-ortho nitro benzene ring substituents is 1. The number of nitrogens with zero attached hydrogens (tertiary/aromatic N) is 1. The first kappa shape index (κ1) is 18.7. The molecule has 29 heavy (non-hydrogen) atoms. The van der Waals surface area contributed by atoms with E-state index in [0.29, 0.717) is 27.6 Å². The third kappa shape index (κ3) is 3.97. The summed E-state index contributed by atoms with van der Waals surface area (Å²) in [6, 6.07) is 18.3. The predicted molar refractivity (Wildman–Crippen MR) is 108 cm³/mol. The minimum Gasteiger partial charge on any atom is -0.489 e. The lowest BCUT2D eigenvalue weighted by atomic mass is 10.1. The number of Topliss-reactive ketones (excluding diaryl/α,β-unsaturated/α-hetero) is 1. The van der Waals surface area contributed by atoms with Gasteiger partial charge in [-0.25, -0.2) is 0 Å². The molecule has 0 N–H and O–H groups in total. The number of hydrogen-bond acceptors (Lipinski definition) is 5. The molecule has 0 atom stereocenters. The van der Waals surface area contributed by atoms with Crippen LogP contribution in [0.3, 0.4) is 0 Å². The van der Waals surface area contributed by atoms with Crippen molar-refractivity contribution in [1.82, 2.24) is 0 Å². The van der Waals surface area contributed by atoms with Crippen LogP contribution in [0.5, 0.6) is 11.5 Å². The van der Waals surface area contributed by atoms with E-state index in [4.69, 9.17) is 21.1 Å². The second-order valence-electron chi connectivity index (χ2n) is 6.33. The van der Waals surface area contributed by atoms with Gasteiger partial charge in [0, 0.05) is 28.8 Å². The Hall–Kier alpha value is -3.64. The van der Waals surface area contributed by atoms with Crippen molar-refractivity contribution in [3.8, 4) is 11.5 Å². The summed E-state index contributed by atoms with van der Waals surface area (Å²) < 4.78 is 11.4. The Kier molecular flexibility index (Phi) is 5.01. The number of rotatable bonds is 5. The fourth-order valence-corrected chi connectivity index (χ4v) is 3.10. The molecule has 1 heterocycles. The molecule has 1 aliphatic heterocycles. The third-order valence-corrected chi connectivity index (χ3v) is 4.74. The van der Waals surface area contributed by atoms with E-state index < -0.39 is 4.92 Å². The number of allylic oxidation sites excluding steroid dienone is 1. The summed E-state index contributed by atoms with van der Waals surface area (Å²) in [5.74, 6) is 0.726. The Morgan fingerprint density at radius 1 is 1.07 bits per heavy atom. The van der Waals surface area contributed by atoms with E-state index >= 15 is 0 Å². The van der Waals surface area contributed by atoms with Gasteiger partial charge in [0.25, 0.3) is 5.69 Å². The van der Waals surface area contributed by atoms with Crippen molar-refractivity contribution in [3.05, 3.63) is 104 Å². The van der Waals surface area contributed by atoms with Gasteiger partial charge in [-0.15, -0.1) is 0 Å². The fraction of sp³-hybridized carbons (Fsp3) is 0.0455. The van der Waals surface area contributed by atoms with Crippen molar-refractivity contribution in [1.29, 1.82) is 0 Å². The number of carbonyl (C=O) groups excluding carboxylic acids is 1. The van der Waals surface area contributed by atoms with E-state index in [-0.39, 0.29) is 23.8 Å². The van der Waals surface area contributed by atoms with Gasteiger partial charge in [0.1, 0.15) is 18.1 Å². The van der Waals surface area contributed by atoms with Gasteiger partial charge in [0.15, 0.2) is 5.76 Å². The predicted octanol–water partition coefficient (Wildman–Crippen LogP) is 5.44. The van der Waals surface area contributed by atoms with Gasteiger partial charge in [-0.05, 0) is 29.8 Å². The Bertz CT molecular complexity index is 1160. The van der Waals surface area contributed by atoms with E-state index in [2.05, 4.69) is 0 Å². The topological polar surface area (TPSA) is 78.7 Å². The molecule has 1 aliphatic rings. The largest absolute Gasteiger partial charge is 0.489 e. The van der Waals surface area contributed by atoms with Crippen molar-refractivity contribution < 1.29 is 19.2 Å². The Morgan fingerprint density at radius 2 is 1.90 bits per heavy atom. The SMILES string of the molecule is O=C1C(=Cc2cccc([N+](=O)[O-])c2)Oc2cc(OCc3ccccc3Cl)ccc21. The van der Waals surface area contributed by atoms with Crippen LogP contribution in [0.4, 0.5) is 5.69 Å². The molecule has 0 saturated heterocycles. The van der Waals surface area contributed by atoms with Crippen LogP contribution in [-0.4, -0.2) is 10.7 Å². The number of benzene rings is 3. The number of carbonyl (C=O) groups is 1. The lowest BCUT2D eigenvalue weighted by molar-refractivity contribution is -0.384. The van der Waals surface area contributed by atoms with Crippen molar-refractivity contribution in [2.75, 3.05) is 0 Å². The molecular formula is C22H14ClNO5. The Balaban J connectivity index is 1.53.